The van der Waals surface area contributed by atoms with Crippen molar-refractivity contribution in [2.24, 2.45) is 0 Å². The molecule has 1 N–H and O–H groups in total. The molecule has 2 nitrogen and oxygen atoms in total. The van der Waals surface area contributed by atoms with Gasteiger partial charge in [-0.15, -0.1) is 0 Å². The zero-order valence-corrected chi connectivity index (χ0v) is 5.22. The summed E-state index contributed by atoms with van der Waals surface area (Å²) in [4.78, 5) is 0. The van der Waals surface area contributed by atoms with Gasteiger partial charge >= 0.3 is 0 Å². The molecule has 2 atom stereocenters. The average molecular weight is 134 g/mol. The molecule has 1 rings (SSSR count). The predicted molar refractivity (Wildman–Crippen MR) is 31.0 cm³/mol. The molecule has 0 aromatic heterocycles. The van der Waals surface area contributed by atoms with E-state index in [9.17, 15) is 4.39 Å². The Morgan fingerprint density at radius 2 is 2.00 bits per heavy atom. The van der Waals surface area contributed by atoms with Gasteiger partial charge in [0.2, 0.25) is 0 Å². The van der Waals surface area contributed by atoms with Crippen molar-refractivity contribution in [3.8, 4) is 0 Å². The molecule has 1 aliphatic rings. The van der Waals surface area contributed by atoms with Gasteiger partial charge in [-0.05, 0) is 6.42 Å². The van der Waals surface area contributed by atoms with Gasteiger partial charge in [0.15, 0.2) is 0 Å². The van der Waals surface area contributed by atoms with Gasteiger partial charge in [0.25, 0.3) is 0 Å². The van der Waals surface area contributed by atoms with E-state index in [1.807, 2.05) is 0 Å². The first-order chi connectivity index (χ1) is 4.30. The van der Waals surface area contributed by atoms with Crippen LogP contribution >= 0.6 is 0 Å². The van der Waals surface area contributed by atoms with Gasteiger partial charge in [0.05, 0.1) is 6.10 Å². The maximum atomic E-state index is 12.5. The molecule has 0 amide bonds. The van der Waals surface area contributed by atoms with Crippen LogP contribution in [0, 0.1) is 0 Å². The Morgan fingerprint density at radius 3 is 2.78 bits per heavy atom. The monoisotopic (exact) mass is 134 g/mol. The fraction of sp³-hybridized carbons (Fsp3) is 1.00. The lowest BCUT2D eigenvalue weighted by Gasteiger charge is -2.08. The Hall–Kier alpha value is -0.150. The minimum atomic E-state index is -1.08. The van der Waals surface area contributed by atoms with E-state index in [2.05, 4.69) is 0 Å². The average Bonchev–Trinajstić information content (AvgIpc) is 1.99. The SMILES string of the molecule is O[C@@H]1CCOCC[C@H]1F. The van der Waals surface area contributed by atoms with Crippen LogP contribution < -0.4 is 0 Å². The smallest absolute Gasteiger partial charge is 0.128 e. The summed E-state index contributed by atoms with van der Waals surface area (Å²) in [6.45, 7) is 0.930. The lowest BCUT2D eigenvalue weighted by Crippen LogP contribution is -2.20. The van der Waals surface area contributed by atoms with E-state index in [0.717, 1.165) is 0 Å². The lowest BCUT2D eigenvalue weighted by molar-refractivity contribution is 0.0740. The molecule has 0 unspecified atom stereocenters. The maximum Gasteiger partial charge on any atom is 0.128 e. The van der Waals surface area contributed by atoms with Gasteiger partial charge < -0.3 is 9.84 Å². The van der Waals surface area contributed by atoms with E-state index in [4.69, 9.17) is 9.84 Å². The van der Waals surface area contributed by atoms with Crippen molar-refractivity contribution >= 4 is 0 Å². The van der Waals surface area contributed by atoms with Gasteiger partial charge in [-0.1, -0.05) is 0 Å². The summed E-state index contributed by atoms with van der Waals surface area (Å²) in [5, 5.41) is 8.90. The van der Waals surface area contributed by atoms with Gasteiger partial charge in [-0.2, -0.15) is 0 Å². The second kappa shape index (κ2) is 3.13. The number of hydrogen-bond acceptors (Lipinski definition) is 2. The fourth-order valence-corrected chi connectivity index (χ4v) is 0.875. The van der Waals surface area contributed by atoms with Crippen molar-refractivity contribution < 1.29 is 14.2 Å². The van der Waals surface area contributed by atoms with Crippen molar-refractivity contribution in [3.05, 3.63) is 0 Å². The van der Waals surface area contributed by atoms with Crippen molar-refractivity contribution in [2.75, 3.05) is 13.2 Å². The topological polar surface area (TPSA) is 29.5 Å². The third-order valence-electron chi connectivity index (χ3n) is 1.51. The summed E-state index contributed by atoms with van der Waals surface area (Å²) in [5.41, 5.74) is 0. The third-order valence-corrected chi connectivity index (χ3v) is 1.51. The number of aliphatic hydroxyl groups excluding tert-OH is 1. The molecule has 1 fully saturated rings. The van der Waals surface area contributed by atoms with Crippen molar-refractivity contribution in [1.29, 1.82) is 0 Å². The minimum absolute atomic E-state index is 0.334. The number of rotatable bonds is 0. The molecule has 1 aliphatic heterocycles. The second-order valence-electron chi connectivity index (χ2n) is 2.27. The Kier molecular flexibility index (Phi) is 2.42. The zero-order chi connectivity index (χ0) is 6.69. The third kappa shape index (κ3) is 1.91. The summed E-state index contributed by atoms with van der Waals surface area (Å²) in [7, 11) is 0. The lowest BCUT2D eigenvalue weighted by atomic mass is 10.1. The van der Waals surface area contributed by atoms with Crippen LogP contribution in [0.1, 0.15) is 12.8 Å². The van der Waals surface area contributed by atoms with Crippen LogP contribution in [-0.2, 0) is 4.74 Å². The quantitative estimate of drug-likeness (QED) is 0.522. The second-order valence-corrected chi connectivity index (χ2v) is 2.27. The largest absolute Gasteiger partial charge is 0.390 e. The van der Waals surface area contributed by atoms with Crippen LogP contribution in [0.15, 0.2) is 0 Å². The van der Waals surface area contributed by atoms with Crippen molar-refractivity contribution in [2.45, 2.75) is 25.1 Å². The van der Waals surface area contributed by atoms with Crippen LogP contribution in [0.4, 0.5) is 4.39 Å². The molecule has 0 aromatic rings. The molecule has 0 radical (unpaired) electrons. The molecule has 1 saturated heterocycles. The normalized spacial score (nSPS) is 38.0. The first-order valence-electron chi connectivity index (χ1n) is 3.20. The Morgan fingerprint density at radius 1 is 1.33 bits per heavy atom. The maximum absolute atomic E-state index is 12.5. The molecule has 0 bridgehead atoms. The van der Waals surface area contributed by atoms with Gasteiger partial charge in [0, 0.05) is 19.6 Å². The molecule has 3 heteroatoms. The number of halogens is 1. The Labute approximate surface area is 53.6 Å². The Bertz CT molecular complexity index is 77.1. The van der Waals surface area contributed by atoms with Gasteiger partial charge in [-0.25, -0.2) is 4.39 Å². The fourth-order valence-electron chi connectivity index (χ4n) is 0.875. The molecular formula is C6H11FO2. The van der Waals surface area contributed by atoms with Crippen molar-refractivity contribution in [1.82, 2.24) is 0 Å². The number of hydrogen-bond donors (Lipinski definition) is 1. The number of alkyl halides is 1. The van der Waals surface area contributed by atoms with E-state index in [0.29, 0.717) is 26.1 Å². The first kappa shape index (κ1) is 6.96. The first-order valence-corrected chi connectivity index (χ1v) is 3.20. The molecule has 1 heterocycles. The number of ether oxygens (including phenoxy) is 1. The molecule has 54 valence electrons. The van der Waals surface area contributed by atoms with E-state index < -0.39 is 12.3 Å². The van der Waals surface area contributed by atoms with E-state index in [1.165, 1.54) is 0 Å². The molecule has 0 aromatic carbocycles. The van der Waals surface area contributed by atoms with E-state index >= 15 is 0 Å². The van der Waals surface area contributed by atoms with Gasteiger partial charge in [-0.3, -0.25) is 0 Å². The summed E-state index contributed by atoms with van der Waals surface area (Å²) in [6, 6.07) is 0. The van der Waals surface area contributed by atoms with Crippen LogP contribution in [0.5, 0.6) is 0 Å². The van der Waals surface area contributed by atoms with Crippen LogP contribution in [-0.4, -0.2) is 30.6 Å². The van der Waals surface area contributed by atoms with Crippen molar-refractivity contribution in [3.63, 3.8) is 0 Å². The van der Waals surface area contributed by atoms with E-state index in [-0.39, 0.29) is 0 Å². The standard InChI is InChI=1S/C6H11FO2/c7-5-1-3-9-4-2-6(5)8/h5-6,8H,1-4H2/t5-,6-/m1/s1. The summed E-state index contributed by atoms with van der Waals surface area (Å²) in [5.74, 6) is 0. The highest BCUT2D eigenvalue weighted by molar-refractivity contribution is 4.69. The highest BCUT2D eigenvalue weighted by Crippen LogP contribution is 2.11. The minimum Gasteiger partial charge on any atom is -0.390 e. The van der Waals surface area contributed by atoms with Gasteiger partial charge in [0.1, 0.15) is 6.17 Å². The highest BCUT2D eigenvalue weighted by atomic mass is 19.1. The van der Waals surface area contributed by atoms with Crippen LogP contribution in [0.25, 0.3) is 0 Å². The van der Waals surface area contributed by atoms with Crippen LogP contribution in [0.2, 0.25) is 0 Å². The summed E-state index contributed by atoms with van der Waals surface area (Å²) < 4.78 is 17.4. The van der Waals surface area contributed by atoms with E-state index in [1.54, 1.807) is 0 Å². The predicted octanol–water partition coefficient (Wildman–Crippen LogP) is 0.496. The Balaban J connectivity index is 2.32. The summed E-state index contributed by atoms with van der Waals surface area (Å²) in [6.07, 6.45) is -1.11. The highest BCUT2D eigenvalue weighted by Gasteiger charge is 2.20. The zero-order valence-electron chi connectivity index (χ0n) is 5.22. The number of aliphatic hydroxyl groups is 1. The molecule has 0 aliphatic carbocycles. The molecular weight excluding hydrogens is 123 g/mol. The summed E-state index contributed by atoms with van der Waals surface area (Å²) >= 11 is 0. The van der Waals surface area contributed by atoms with Crippen LogP contribution in [0.3, 0.4) is 0 Å². The molecule has 9 heavy (non-hydrogen) atoms. The molecule has 0 spiro atoms. The molecule has 0 saturated carbocycles.